The van der Waals surface area contributed by atoms with Gasteiger partial charge in [-0.25, -0.2) is 0 Å². The van der Waals surface area contributed by atoms with Gasteiger partial charge in [-0.1, -0.05) is 18.6 Å². The summed E-state index contributed by atoms with van der Waals surface area (Å²) in [6, 6.07) is 8.58. The van der Waals surface area contributed by atoms with Gasteiger partial charge in [-0.15, -0.1) is 0 Å². The van der Waals surface area contributed by atoms with Crippen molar-refractivity contribution in [3.8, 4) is 0 Å². The van der Waals surface area contributed by atoms with Crippen LogP contribution in [0.25, 0.3) is 0 Å². The van der Waals surface area contributed by atoms with Gasteiger partial charge in [0, 0.05) is 50.7 Å². The Morgan fingerprint density at radius 2 is 1.70 bits per heavy atom. The molecule has 0 aromatic heterocycles. The molecule has 1 aliphatic carbocycles. The van der Waals surface area contributed by atoms with Gasteiger partial charge in [0.1, 0.15) is 0 Å². The van der Waals surface area contributed by atoms with Crippen LogP contribution in [0.4, 0.5) is 5.69 Å². The molecule has 0 radical (unpaired) electrons. The van der Waals surface area contributed by atoms with Crippen LogP contribution < -0.4 is 10.2 Å². The Labute approximate surface area is 163 Å². The number of piperidine rings is 1. The van der Waals surface area contributed by atoms with Crippen molar-refractivity contribution in [3.63, 3.8) is 0 Å². The Bertz CT molecular complexity index is 644. The number of benzene rings is 1. The Hall–Kier alpha value is -2.04. The molecule has 1 aromatic rings. The maximum Gasteiger partial charge on any atom is 0.225 e. The van der Waals surface area contributed by atoms with E-state index in [0.717, 1.165) is 45.2 Å². The van der Waals surface area contributed by atoms with Gasteiger partial charge in [0.25, 0.3) is 0 Å². The summed E-state index contributed by atoms with van der Waals surface area (Å²) in [7, 11) is 4.06. The van der Waals surface area contributed by atoms with E-state index in [1.807, 2.05) is 19.0 Å². The molecule has 0 bridgehead atoms. The Morgan fingerprint density at radius 1 is 1.07 bits per heavy atom. The van der Waals surface area contributed by atoms with Crippen LogP contribution in [0.3, 0.4) is 0 Å². The summed E-state index contributed by atoms with van der Waals surface area (Å²) in [4.78, 5) is 29.0. The highest BCUT2D eigenvalue weighted by Gasteiger charge is 2.33. The topological polar surface area (TPSA) is 52.7 Å². The van der Waals surface area contributed by atoms with Crippen LogP contribution in [0.5, 0.6) is 0 Å². The van der Waals surface area contributed by atoms with E-state index in [2.05, 4.69) is 41.4 Å². The standard InChI is InChI=1S/C22H33N3O2/c1-16(15-17-7-9-20(10-8-17)24(2)3)23-21(26)18-11-13-25(14-12-18)22(27)19-5-4-6-19/h7-10,16,18-19H,4-6,11-15H2,1-3H3,(H,23,26). The number of amides is 2. The largest absolute Gasteiger partial charge is 0.378 e. The zero-order valence-corrected chi connectivity index (χ0v) is 16.9. The number of nitrogens with zero attached hydrogens (tertiary/aromatic N) is 2. The fraction of sp³-hybridized carbons (Fsp3) is 0.636. The summed E-state index contributed by atoms with van der Waals surface area (Å²) in [5, 5.41) is 3.17. The van der Waals surface area contributed by atoms with E-state index in [-0.39, 0.29) is 23.8 Å². The van der Waals surface area contributed by atoms with Crippen molar-refractivity contribution < 1.29 is 9.59 Å². The number of rotatable bonds is 6. The Kier molecular flexibility index (Phi) is 6.40. The molecule has 1 atom stereocenters. The van der Waals surface area contributed by atoms with E-state index in [9.17, 15) is 9.59 Å². The summed E-state index contributed by atoms with van der Waals surface area (Å²) in [6.45, 7) is 3.52. The van der Waals surface area contributed by atoms with Gasteiger partial charge in [0.2, 0.25) is 11.8 Å². The first-order valence-electron chi connectivity index (χ1n) is 10.3. The lowest BCUT2D eigenvalue weighted by atomic mass is 9.83. The lowest BCUT2D eigenvalue weighted by molar-refractivity contribution is -0.141. The first-order chi connectivity index (χ1) is 12.9. The van der Waals surface area contributed by atoms with E-state index >= 15 is 0 Å². The molecular formula is C22H33N3O2. The van der Waals surface area contributed by atoms with E-state index in [1.54, 1.807) is 0 Å². The van der Waals surface area contributed by atoms with Crippen molar-refractivity contribution >= 4 is 17.5 Å². The van der Waals surface area contributed by atoms with Gasteiger partial charge in [-0.2, -0.15) is 0 Å². The number of hydrogen-bond acceptors (Lipinski definition) is 3. The first-order valence-corrected chi connectivity index (χ1v) is 10.3. The maximum atomic E-state index is 12.6. The fourth-order valence-corrected chi connectivity index (χ4v) is 3.97. The predicted molar refractivity (Wildman–Crippen MR) is 109 cm³/mol. The molecule has 2 aliphatic rings. The van der Waals surface area contributed by atoms with Gasteiger partial charge >= 0.3 is 0 Å². The van der Waals surface area contributed by atoms with Crippen molar-refractivity contribution in [1.29, 1.82) is 0 Å². The summed E-state index contributed by atoms with van der Waals surface area (Å²) in [5.41, 5.74) is 2.41. The molecule has 1 N–H and O–H groups in total. The molecule has 1 unspecified atom stereocenters. The number of likely N-dealkylation sites (tertiary alicyclic amines) is 1. The maximum absolute atomic E-state index is 12.6. The molecule has 1 aliphatic heterocycles. The third kappa shape index (κ3) is 5.02. The van der Waals surface area contributed by atoms with Gasteiger partial charge in [0.15, 0.2) is 0 Å². The van der Waals surface area contributed by atoms with Crippen LogP contribution in [0.1, 0.15) is 44.6 Å². The van der Waals surface area contributed by atoms with Crippen molar-refractivity contribution in [1.82, 2.24) is 10.2 Å². The zero-order valence-electron chi connectivity index (χ0n) is 16.9. The van der Waals surface area contributed by atoms with Crippen LogP contribution in [0.15, 0.2) is 24.3 Å². The fourth-order valence-electron chi connectivity index (χ4n) is 3.97. The van der Waals surface area contributed by atoms with Crippen LogP contribution in [-0.2, 0) is 16.0 Å². The second-order valence-electron chi connectivity index (χ2n) is 8.40. The van der Waals surface area contributed by atoms with Crippen molar-refractivity contribution in [2.24, 2.45) is 11.8 Å². The minimum absolute atomic E-state index is 0.0361. The summed E-state index contributed by atoms with van der Waals surface area (Å²) < 4.78 is 0. The number of hydrogen-bond donors (Lipinski definition) is 1. The summed E-state index contributed by atoms with van der Waals surface area (Å²) >= 11 is 0. The highest BCUT2D eigenvalue weighted by Crippen LogP contribution is 2.30. The van der Waals surface area contributed by atoms with E-state index in [0.29, 0.717) is 5.91 Å². The normalized spacial score (nSPS) is 19.3. The van der Waals surface area contributed by atoms with Gasteiger partial charge < -0.3 is 15.1 Å². The number of anilines is 1. The molecule has 1 saturated carbocycles. The number of carbonyl (C=O) groups is 2. The third-order valence-electron chi connectivity index (χ3n) is 6.02. The molecule has 1 saturated heterocycles. The van der Waals surface area contributed by atoms with Gasteiger partial charge in [0.05, 0.1) is 0 Å². The average Bonchev–Trinajstić information content (AvgIpc) is 2.60. The second kappa shape index (κ2) is 8.77. The predicted octanol–water partition coefficient (Wildman–Crippen LogP) is 2.84. The number of carbonyl (C=O) groups excluding carboxylic acids is 2. The molecule has 1 aromatic carbocycles. The summed E-state index contributed by atoms with van der Waals surface area (Å²) in [6.07, 6.45) is 5.69. The number of nitrogens with one attached hydrogen (secondary N) is 1. The van der Waals surface area contributed by atoms with Crippen LogP contribution >= 0.6 is 0 Å². The van der Waals surface area contributed by atoms with Crippen molar-refractivity contribution in [2.45, 2.75) is 51.5 Å². The van der Waals surface area contributed by atoms with Crippen molar-refractivity contribution in [3.05, 3.63) is 29.8 Å². The highest BCUT2D eigenvalue weighted by molar-refractivity contribution is 5.81. The molecule has 3 rings (SSSR count). The Morgan fingerprint density at radius 3 is 2.22 bits per heavy atom. The van der Waals surface area contributed by atoms with E-state index < -0.39 is 0 Å². The molecule has 27 heavy (non-hydrogen) atoms. The average molecular weight is 372 g/mol. The minimum Gasteiger partial charge on any atom is -0.378 e. The van der Waals surface area contributed by atoms with Crippen LogP contribution in [-0.4, -0.2) is 49.9 Å². The molecule has 5 heteroatoms. The lowest BCUT2D eigenvalue weighted by Gasteiger charge is -2.36. The quantitative estimate of drug-likeness (QED) is 0.837. The molecule has 2 amide bonds. The SMILES string of the molecule is CC(Cc1ccc(N(C)C)cc1)NC(=O)C1CCN(C(=O)C2CCC2)CC1. The molecule has 0 spiro atoms. The molecule has 2 fully saturated rings. The van der Waals surface area contributed by atoms with E-state index in [4.69, 9.17) is 0 Å². The lowest BCUT2D eigenvalue weighted by Crippen LogP contribution is -2.47. The minimum atomic E-state index is 0.0361. The first kappa shape index (κ1) is 19.7. The molecule has 148 valence electrons. The zero-order chi connectivity index (χ0) is 19.4. The second-order valence-corrected chi connectivity index (χ2v) is 8.40. The smallest absolute Gasteiger partial charge is 0.225 e. The van der Waals surface area contributed by atoms with Crippen LogP contribution in [0, 0.1) is 11.8 Å². The molecule has 5 nitrogen and oxygen atoms in total. The molecular weight excluding hydrogens is 338 g/mol. The highest BCUT2D eigenvalue weighted by atomic mass is 16.2. The Balaban J connectivity index is 1.42. The molecule has 1 heterocycles. The monoisotopic (exact) mass is 371 g/mol. The van der Waals surface area contributed by atoms with Crippen molar-refractivity contribution in [2.75, 3.05) is 32.1 Å². The van der Waals surface area contributed by atoms with Gasteiger partial charge in [-0.05, 0) is 56.7 Å². The van der Waals surface area contributed by atoms with Gasteiger partial charge in [-0.3, -0.25) is 9.59 Å². The summed E-state index contributed by atoms with van der Waals surface area (Å²) in [5.74, 6) is 0.751. The van der Waals surface area contributed by atoms with Crippen LogP contribution in [0.2, 0.25) is 0 Å². The van der Waals surface area contributed by atoms with E-state index in [1.165, 1.54) is 17.7 Å². The third-order valence-corrected chi connectivity index (χ3v) is 6.02.